The van der Waals surface area contributed by atoms with Crippen LogP contribution in [-0.4, -0.2) is 57.5 Å². The number of benzene rings is 1. The molecule has 9 heteroatoms. The summed E-state index contributed by atoms with van der Waals surface area (Å²) < 4.78 is 27.2. The van der Waals surface area contributed by atoms with Crippen molar-refractivity contribution in [3.05, 3.63) is 29.8 Å². The van der Waals surface area contributed by atoms with Crippen molar-refractivity contribution in [3.63, 3.8) is 0 Å². The second-order valence-electron chi connectivity index (χ2n) is 8.53. The van der Waals surface area contributed by atoms with E-state index in [9.17, 15) is 8.42 Å². The first-order chi connectivity index (χ1) is 14.0. The van der Waals surface area contributed by atoms with Crippen LogP contribution in [0.1, 0.15) is 50.5 Å². The van der Waals surface area contributed by atoms with Crippen LogP contribution in [-0.2, 0) is 16.6 Å². The molecule has 1 aromatic carbocycles. The Bertz CT molecular complexity index is 820. The zero-order valence-electron chi connectivity index (χ0n) is 17.6. The first-order valence-corrected chi connectivity index (χ1v) is 12.3. The molecule has 1 heterocycles. The molecule has 7 nitrogen and oxygen atoms in total. The fraction of sp³-hybridized carbons (Fsp3) is 0.667. The van der Waals surface area contributed by atoms with Gasteiger partial charge < -0.3 is 10.6 Å². The van der Waals surface area contributed by atoms with Gasteiger partial charge in [-0.15, -0.1) is 24.0 Å². The van der Waals surface area contributed by atoms with E-state index in [1.54, 1.807) is 19.2 Å². The maximum atomic E-state index is 12.3. The number of rotatable bonds is 7. The second kappa shape index (κ2) is 10.6. The zero-order valence-corrected chi connectivity index (χ0v) is 20.8. The smallest absolute Gasteiger partial charge is 0.240 e. The third kappa shape index (κ3) is 6.30. The van der Waals surface area contributed by atoms with Crippen molar-refractivity contribution in [1.29, 1.82) is 0 Å². The van der Waals surface area contributed by atoms with Gasteiger partial charge in [0.15, 0.2) is 5.96 Å². The van der Waals surface area contributed by atoms with Gasteiger partial charge in [-0.25, -0.2) is 13.1 Å². The second-order valence-corrected chi connectivity index (χ2v) is 10.2. The van der Waals surface area contributed by atoms with E-state index in [-0.39, 0.29) is 30.0 Å². The van der Waals surface area contributed by atoms with Crippen molar-refractivity contribution in [2.45, 2.75) is 74.5 Å². The number of nitrogens with one attached hydrogen (secondary N) is 3. The monoisotopic (exact) mass is 547 g/mol. The van der Waals surface area contributed by atoms with Gasteiger partial charge in [0, 0.05) is 44.8 Å². The van der Waals surface area contributed by atoms with Crippen LogP contribution in [0.25, 0.3) is 0 Å². The molecule has 1 aliphatic heterocycles. The Kier molecular flexibility index (Phi) is 8.39. The molecule has 30 heavy (non-hydrogen) atoms. The topological polar surface area (TPSA) is 85.8 Å². The summed E-state index contributed by atoms with van der Waals surface area (Å²) in [4.78, 5) is 7.31. The van der Waals surface area contributed by atoms with Crippen LogP contribution in [0.2, 0.25) is 0 Å². The van der Waals surface area contributed by atoms with Gasteiger partial charge in [0.25, 0.3) is 0 Å². The SMILES string of the molecule is CN=C(NCc1ccc(S(=O)(=O)NC2CC2)cc1)NC1CCN(C2CCCC2)C1.I. The quantitative estimate of drug-likeness (QED) is 0.278. The molecule has 0 bridgehead atoms. The third-order valence-electron chi connectivity index (χ3n) is 6.22. The summed E-state index contributed by atoms with van der Waals surface area (Å²) in [5, 5.41) is 6.90. The lowest BCUT2D eigenvalue weighted by atomic mass is 10.2. The van der Waals surface area contributed by atoms with Gasteiger partial charge in [-0.2, -0.15) is 0 Å². The minimum absolute atomic E-state index is 0. The highest BCUT2D eigenvalue weighted by Crippen LogP contribution is 2.26. The first-order valence-electron chi connectivity index (χ1n) is 10.9. The lowest BCUT2D eigenvalue weighted by molar-refractivity contribution is 0.242. The molecule has 3 fully saturated rings. The van der Waals surface area contributed by atoms with Gasteiger partial charge in [0.05, 0.1) is 4.90 Å². The highest BCUT2D eigenvalue weighted by atomic mass is 127. The van der Waals surface area contributed by atoms with Gasteiger partial charge >= 0.3 is 0 Å². The van der Waals surface area contributed by atoms with E-state index in [4.69, 9.17) is 0 Å². The number of sulfonamides is 1. The van der Waals surface area contributed by atoms with Crippen molar-refractivity contribution in [2.24, 2.45) is 4.99 Å². The van der Waals surface area contributed by atoms with Crippen LogP contribution >= 0.6 is 24.0 Å². The van der Waals surface area contributed by atoms with E-state index in [1.807, 2.05) is 12.1 Å². The van der Waals surface area contributed by atoms with E-state index >= 15 is 0 Å². The molecule has 1 aromatic rings. The molecule has 3 aliphatic rings. The summed E-state index contributed by atoms with van der Waals surface area (Å²) in [5.74, 6) is 0.801. The highest BCUT2D eigenvalue weighted by Gasteiger charge is 2.30. The van der Waals surface area contributed by atoms with Gasteiger partial charge in [-0.3, -0.25) is 9.89 Å². The number of hydrogen-bond donors (Lipinski definition) is 3. The van der Waals surface area contributed by atoms with Crippen molar-refractivity contribution in [3.8, 4) is 0 Å². The van der Waals surface area contributed by atoms with Crippen LogP contribution in [0.4, 0.5) is 0 Å². The van der Waals surface area contributed by atoms with Crippen LogP contribution < -0.4 is 15.4 Å². The van der Waals surface area contributed by atoms with E-state index in [2.05, 4.69) is 25.2 Å². The molecule has 0 radical (unpaired) electrons. The Hall–Kier alpha value is -0.910. The Morgan fingerprint density at radius 1 is 1.07 bits per heavy atom. The van der Waals surface area contributed by atoms with Gasteiger partial charge in [-0.05, 0) is 49.8 Å². The Labute approximate surface area is 197 Å². The van der Waals surface area contributed by atoms with Gasteiger partial charge in [0.2, 0.25) is 10.0 Å². The third-order valence-corrected chi connectivity index (χ3v) is 7.75. The fourth-order valence-electron chi connectivity index (χ4n) is 4.36. The fourth-order valence-corrected chi connectivity index (χ4v) is 5.66. The molecule has 2 aliphatic carbocycles. The normalized spacial score (nSPS) is 23.4. The number of hydrogen-bond acceptors (Lipinski definition) is 4. The summed E-state index contributed by atoms with van der Waals surface area (Å²) in [5.41, 5.74) is 1.03. The lowest BCUT2D eigenvalue weighted by Gasteiger charge is -2.24. The average Bonchev–Trinajstić information content (AvgIpc) is 3.18. The number of halogens is 1. The zero-order chi connectivity index (χ0) is 20.3. The van der Waals surface area contributed by atoms with Crippen molar-refractivity contribution >= 4 is 40.0 Å². The molecule has 4 rings (SSSR count). The maximum Gasteiger partial charge on any atom is 0.240 e. The molecule has 1 atom stereocenters. The van der Waals surface area contributed by atoms with Crippen LogP contribution in [0.15, 0.2) is 34.2 Å². The van der Waals surface area contributed by atoms with E-state index in [0.717, 1.165) is 43.4 Å². The lowest BCUT2D eigenvalue weighted by Crippen LogP contribution is -2.45. The number of nitrogens with zero attached hydrogens (tertiary/aromatic N) is 2. The standard InChI is InChI=1S/C21H33N5O2S.HI/c1-22-21(24-18-12-13-26(15-18)19-4-2-3-5-19)23-14-16-6-10-20(11-7-16)29(27,28)25-17-8-9-17;/h6-7,10-11,17-19,25H,2-5,8-9,12-15H2,1H3,(H2,22,23,24);1H. The minimum atomic E-state index is -3.39. The number of aliphatic imine (C=N–C) groups is 1. The van der Waals surface area contributed by atoms with Crippen molar-refractivity contribution in [1.82, 2.24) is 20.3 Å². The van der Waals surface area contributed by atoms with Gasteiger partial charge in [0.1, 0.15) is 0 Å². The Balaban J connectivity index is 0.00000256. The number of guanidine groups is 1. The van der Waals surface area contributed by atoms with Crippen LogP contribution in [0.3, 0.4) is 0 Å². The molecule has 168 valence electrons. The average molecular weight is 548 g/mol. The van der Waals surface area contributed by atoms with Crippen molar-refractivity contribution < 1.29 is 8.42 Å². The maximum absolute atomic E-state index is 12.3. The number of likely N-dealkylation sites (tertiary alicyclic amines) is 1. The Morgan fingerprint density at radius 2 is 1.77 bits per heavy atom. The summed E-state index contributed by atoms with van der Waals surface area (Å²) >= 11 is 0. The predicted molar refractivity (Wildman–Crippen MR) is 131 cm³/mol. The minimum Gasteiger partial charge on any atom is -0.352 e. The molecule has 3 N–H and O–H groups in total. The summed E-state index contributed by atoms with van der Waals surface area (Å²) in [7, 11) is -1.60. The summed E-state index contributed by atoms with van der Waals surface area (Å²) in [6.45, 7) is 2.87. The molecule has 0 amide bonds. The Morgan fingerprint density at radius 3 is 2.40 bits per heavy atom. The molecular weight excluding hydrogens is 513 g/mol. The van der Waals surface area contributed by atoms with Crippen molar-refractivity contribution in [2.75, 3.05) is 20.1 Å². The predicted octanol–water partition coefficient (Wildman–Crippen LogP) is 2.43. The molecular formula is C21H34IN5O2S. The van der Waals surface area contributed by atoms with E-state index in [1.165, 1.54) is 32.2 Å². The van der Waals surface area contributed by atoms with Crippen LogP contribution in [0, 0.1) is 0 Å². The van der Waals surface area contributed by atoms with Crippen LogP contribution in [0.5, 0.6) is 0 Å². The first kappa shape index (κ1) is 23.7. The molecule has 0 spiro atoms. The molecule has 1 saturated heterocycles. The van der Waals surface area contributed by atoms with Gasteiger partial charge in [-0.1, -0.05) is 25.0 Å². The molecule has 1 unspecified atom stereocenters. The van der Waals surface area contributed by atoms with E-state index in [0.29, 0.717) is 17.5 Å². The summed E-state index contributed by atoms with van der Waals surface area (Å²) in [6.07, 6.45) is 8.47. The largest absolute Gasteiger partial charge is 0.352 e. The molecule has 0 aromatic heterocycles. The summed E-state index contributed by atoms with van der Waals surface area (Å²) in [6, 6.07) is 8.40. The van der Waals surface area contributed by atoms with E-state index < -0.39 is 10.0 Å². The highest BCUT2D eigenvalue weighted by molar-refractivity contribution is 14.0. The molecule has 2 saturated carbocycles.